The lowest BCUT2D eigenvalue weighted by atomic mass is 10.1. The predicted octanol–water partition coefficient (Wildman–Crippen LogP) is 3.16. The standard InChI is InChI=1S/C11H11ClO/c1-8-3-5-10(6-4-8)7-9(2)11(12)13/h3-7H,1-2H3/b9-7+. The number of carbonyl (C=O) groups is 1. The first-order valence-electron chi connectivity index (χ1n) is 4.04. The highest BCUT2D eigenvalue weighted by atomic mass is 35.5. The zero-order chi connectivity index (χ0) is 9.84. The first-order valence-corrected chi connectivity index (χ1v) is 4.42. The predicted molar refractivity (Wildman–Crippen MR) is 55.7 cm³/mol. The summed E-state index contributed by atoms with van der Waals surface area (Å²) in [6.07, 6.45) is 1.77. The maximum atomic E-state index is 10.7. The summed E-state index contributed by atoms with van der Waals surface area (Å²) < 4.78 is 0. The fourth-order valence-corrected chi connectivity index (χ4v) is 1.02. The van der Waals surface area contributed by atoms with Crippen molar-refractivity contribution >= 4 is 22.9 Å². The van der Waals surface area contributed by atoms with Crippen molar-refractivity contribution in [1.82, 2.24) is 0 Å². The van der Waals surface area contributed by atoms with Gasteiger partial charge in [0.1, 0.15) is 0 Å². The Labute approximate surface area is 83.0 Å². The first kappa shape index (κ1) is 10.0. The number of rotatable bonds is 2. The van der Waals surface area contributed by atoms with Crippen molar-refractivity contribution in [2.45, 2.75) is 13.8 Å². The van der Waals surface area contributed by atoms with Gasteiger partial charge in [0.05, 0.1) is 0 Å². The second kappa shape index (κ2) is 4.24. The third-order valence-corrected chi connectivity index (χ3v) is 2.07. The molecule has 68 valence electrons. The summed E-state index contributed by atoms with van der Waals surface area (Å²) in [5.41, 5.74) is 2.76. The van der Waals surface area contributed by atoms with Gasteiger partial charge in [-0.1, -0.05) is 29.8 Å². The maximum absolute atomic E-state index is 10.7. The largest absolute Gasteiger partial charge is 0.276 e. The molecule has 0 bridgehead atoms. The molecule has 0 unspecified atom stereocenters. The monoisotopic (exact) mass is 194 g/mol. The molecule has 13 heavy (non-hydrogen) atoms. The van der Waals surface area contributed by atoms with Gasteiger partial charge in [0.2, 0.25) is 5.24 Å². The molecule has 1 aromatic carbocycles. The summed E-state index contributed by atoms with van der Waals surface area (Å²) >= 11 is 5.30. The van der Waals surface area contributed by atoms with E-state index in [2.05, 4.69) is 0 Å². The van der Waals surface area contributed by atoms with E-state index in [9.17, 15) is 4.79 Å². The molecule has 1 rings (SSSR count). The van der Waals surface area contributed by atoms with E-state index in [1.165, 1.54) is 5.56 Å². The van der Waals surface area contributed by atoms with Gasteiger partial charge < -0.3 is 0 Å². The van der Waals surface area contributed by atoms with Crippen molar-refractivity contribution in [3.8, 4) is 0 Å². The van der Waals surface area contributed by atoms with Crippen LogP contribution in [-0.4, -0.2) is 5.24 Å². The van der Waals surface area contributed by atoms with Gasteiger partial charge in [0.15, 0.2) is 0 Å². The molecule has 0 spiro atoms. The van der Waals surface area contributed by atoms with Gasteiger partial charge in [-0.05, 0) is 37.1 Å². The van der Waals surface area contributed by atoms with Crippen LogP contribution < -0.4 is 0 Å². The number of allylic oxidation sites excluding steroid dienone is 1. The molecule has 0 saturated carbocycles. The number of halogens is 1. The molecule has 0 aliphatic carbocycles. The molecule has 1 nitrogen and oxygen atoms in total. The van der Waals surface area contributed by atoms with Crippen LogP contribution in [0.15, 0.2) is 29.8 Å². The number of benzene rings is 1. The smallest absolute Gasteiger partial charge is 0.248 e. The molecule has 0 aromatic heterocycles. The minimum Gasteiger partial charge on any atom is -0.276 e. The lowest BCUT2D eigenvalue weighted by Crippen LogP contribution is -1.86. The quantitative estimate of drug-likeness (QED) is 0.522. The summed E-state index contributed by atoms with van der Waals surface area (Å²) in [5.74, 6) is 0. The van der Waals surface area contributed by atoms with E-state index >= 15 is 0 Å². The molecule has 0 saturated heterocycles. The first-order chi connectivity index (χ1) is 6.09. The highest BCUT2D eigenvalue weighted by molar-refractivity contribution is 6.68. The van der Waals surface area contributed by atoms with Crippen LogP contribution in [0.3, 0.4) is 0 Å². The highest BCUT2D eigenvalue weighted by Gasteiger charge is 1.98. The van der Waals surface area contributed by atoms with Gasteiger partial charge in [-0.3, -0.25) is 4.79 Å². The normalized spacial score (nSPS) is 11.5. The molecule has 0 fully saturated rings. The number of hydrogen-bond donors (Lipinski definition) is 0. The number of hydrogen-bond acceptors (Lipinski definition) is 1. The molecule has 0 aliphatic rings. The van der Waals surface area contributed by atoms with E-state index in [0.29, 0.717) is 5.57 Å². The summed E-state index contributed by atoms with van der Waals surface area (Å²) in [7, 11) is 0. The Bertz CT molecular complexity index is 336. The fraction of sp³-hybridized carbons (Fsp3) is 0.182. The molecule has 0 heterocycles. The van der Waals surface area contributed by atoms with Gasteiger partial charge in [0.25, 0.3) is 0 Å². The number of aryl methyl sites for hydroxylation is 1. The van der Waals surface area contributed by atoms with E-state index in [-0.39, 0.29) is 0 Å². The minimum atomic E-state index is -0.402. The Morgan fingerprint density at radius 3 is 2.31 bits per heavy atom. The zero-order valence-electron chi connectivity index (χ0n) is 7.67. The topological polar surface area (TPSA) is 17.1 Å². The van der Waals surface area contributed by atoms with Gasteiger partial charge in [-0.2, -0.15) is 0 Å². The summed E-state index contributed by atoms with van der Waals surface area (Å²) in [6.45, 7) is 3.72. The second-order valence-corrected chi connectivity index (χ2v) is 3.36. The summed E-state index contributed by atoms with van der Waals surface area (Å²) in [4.78, 5) is 10.7. The van der Waals surface area contributed by atoms with Gasteiger partial charge in [-0.25, -0.2) is 0 Å². The molecule has 0 N–H and O–H groups in total. The molecule has 0 amide bonds. The van der Waals surface area contributed by atoms with Gasteiger partial charge in [-0.15, -0.1) is 0 Å². The SMILES string of the molecule is C/C(=C\c1ccc(C)cc1)C(=O)Cl. The Balaban J connectivity index is 2.92. The molecule has 0 radical (unpaired) electrons. The van der Waals surface area contributed by atoms with Crippen LogP contribution in [0.4, 0.5) is 0 Å². The van der Waals surface area contributed by atoms with Gasteiger partial charge in [0, 0.05) is 5.57 Å². The molecular weight excluding hydrogens is 184 g/mol. The fourth-order valence-electron chi connectivity index (χ4n) is 0.969. The second-order valence-electron chi connectivity index (χ2n) is 3.01. The Hall–Kier alpha value is -1.08. The van der Waals surface area contributed by atoms with E-state index in [1.807, 2.05) is 31.2 Å². The third kappa shape index (κ3) is 3.03. The van der Waals surface area contributed by atoms with Crippen LogP contribution in [0.25, 0.3) is 6.08 Å². The average Bonchev–Trinajstić information content (AvgIpc) is 2.08. The van der Waals surface area contributed by atoms with E-state index < -0.39 is 5.24 Å². The zero-order valence-corrected chi connectivity index (χ0v) is 8.43. The Kier molecular flexibility index (Phi) is 3.26. The van der Waals surface area contributed by atoms with Crippen molar-refractivity contribution < 1.29 is 4.79 Å². The van der Waals surface area contributed by atoms with E-state index in [1.54, 1.807) is 13.0 Å². The highest BCUT2D eigenvalue weighted by Crippen LogP contribution is 2.09. The Morgan fingerprint density at radius 2 is 1.85 bits per heavy atom. The average molecular weight is 195 g/mol. The molecule has 0 aliphatic heterocycles. The van der Waals surface area contributed by atoms with Crippen LogP contribution in [0.5, 0.6) is 0 Å². The maximum Gasteiger partial charge on any atom is 0.248 e. The lowest BCUT2D eigenvalue weighted by Gasteiger charge is -1.96. The third-order valence-electron chi connectivity index (χ3n) is 1.77. The lowest BCUT2D eigenvalue weighted by molar-refractivity contribution is -0.108. The summed E-state index contributed by atoms with van der Waals surface area (Å²) in [6, 6.07) is 7.91. The van der Waals surface area contributed by atoms with Crippen molar-refractivity contribution in [3.05, 3.63) is 41.0 Å². The van der Waals surface area contributed by atoms with Crippen LogP contribution in [0.2, 0.25) is 0 Å². The van der Waals surface area contributed by atoms with Crippen molar-refractivity contribution in [2.75, 3.05) is 0 Å². The number of carbonyl (C=O) groups excluding carboxylic acids is 1. The van der Waals surface area contributed by atoms with Crippen molar-refractivity contribution in [3.63, 3.8) is 0 Å². The molecule has 2 heteroatoms. The van der Waals surface area contributed by atoms with Crippen LogP contribution in [0.1, 0.15) is 18.1 Å². The Morgan fingerprint density at radius 1 is 1.31 bits per heavy atom. The van der Waals surface area contributed by atoms with Gasteiger partial charge >= 0.3 is 0 Å². The summed E-state index contributed by atoms with van der Waals surface area (Å²) in [5, 5.41) is -0.402. The van der Waals surface area contributed by atoms with E-state index in [4.69, 9.17) is 11.6 Å². The molecule has 1 aromatic rings. The van der Waals surface area contributed by atoms with Crippen LogP contribution >= 0.6 is 11.6 Å². The van der Waals surface area contributed by atoms with Crippen LogP contribution in [-0.2, 0) is 4.79 Å². The van der Waals surface area contributed by atoms with E-state index in [0.717, 1.165) is 5.56 Å². The van der Waals surface area contributed by atoms with Crippen molar-refractivity contribution in [1.29, 1.82) is 0 Å². The molecule has 0 atom stereocenters. The van der Waals surface area contributed by atoms with Crippen molar-refractivity contribution in [2.24, 2.45) is 0 Å². The van der Waals surface area contributed by atoms with Crippen LogP contribution in [0, 0.1) is 6.92 Å². The molecular formula is C11H11ClO. The minimum absolute atomic E-state index is 0.402.